The standard InChI is InChI=1S/C10H10O4/c1-7(10(12)13)14-9-4-2-8(6-11)3-5-9/h2-7H,1H3,(H,12,13)/t7-/m1/s1. The van der Waals surface area contributed by atoms with Gasteiger partial charge in [0.1, 0.15) is 12.0 Å². The second-order valence-electron chi connectivity index (χ2n) is 2.79. The summed E-state index contributed by atoms with van der Waals surface area (Å²) < 4.78 is 5.06. The van der Waals surface area contributed by atoms with Crippen molar-refractivity contribution >= 4 is 12.3 Å². The lowest BCUT2D eigenvalue weighted by atomic mass is 10.2. The van der Waals surface area contributed by atoms with Crippen molar-refractivity contribution in [3.8, 4) is 5.75 Å². The monoisotopic (exact) mass is 194 g/mol. The molecule has 1 N–H and O–H groups in total. The summed E-state index contributed by atoms with van der Waals surface area (Å²) in [5.41, 5.74) is 0.528. The molecule has 0 unspecified atom stereocenters. The summed E-state index contributed by atoms with van der Waals surface area (Å²) >= 11 is 0. The molecular formula is C10H10O4. The van der Waals surface area contributed by atoms with E-state index in [4.69, 9.17) is 9.84 Å². The van der Waals surface area contributed by atoms with Crippen molar-refractivity contribution < 1.29 is 19.4 Å². The van der Waals surface area contributed by atoms with E-state index in [9.17, 15) is 9.59 Å². The first-order chi connectivity index (χ1) is 6.63. The van der Waals surface area contributed by atoms with Crippen molar-refractivity contribution in [3.05, 3.63) is 29.8 Å². The average Bonchev–Trinajstić information content (AvgIpc) is 2.19. The van der Waals surface area contributed by atoms with Gasteiger partial charge in [0.25, 0.3) is 0 Å². The minimum Gasteiger partial charge on any atom is -0.479 e. The Morgan fingerprint density at radius 2 is 2.00 bits per heavy atom. The Bertz CT molecular complexity index is 328. The minimum atomic E-state index is -1.02. The lowest BCUT2D eigenvalue weighted by molar-refractivity contribution is -0.144. The molecule has 1 aromatic carbocycles. The van der Waals surface area contributed by atoms with Gasteiger partial charge in [-0.05, 0) is 31.2 Å². The summed E-state index contributed by atoms with van der Waals surface area (Å²) in [4.78, 5) is 20.8. The van der Waals surface area contributed by atoms with Crippen molar-refractivity contribution in [2.75, 3.05) is 0 Å². The van der Waals surface area contributed by atoms with Gasteiger partial charge in [0, 0.05) is 5.56 Å². The highest BCUT2D eigenvalue weighted by molar-refractivity contribution is 5.75. The third-order valence-corrected chi connectivity index (χ3v) is 1.68. The third-order valence-electron chi connectivity index (χ3n) is 1.68. The number of carbonyl (C=O) groups is 2. The average molecular weight is 194 g/mol. The van der Waals surface area contributed by atoms with Crippen LogP contribution in [0.2, 0.25) is 0 Å². The van der Waals surface area contributed by atoms with E-state index in [0.29, 0.717) is 17.6 Å². The van der Waals surface area contributed by atoms with E-state index in [1.807, 2.05) is 0 Å². The normalized spacial score (nSPS) is 11.8. The molecule has 0 radical (unpaired) electrons. The van der Waals surface area contributed by atoms with E-state index in [2.05, 4.69) is 0 Å². The summed E-state index contributed by atoms with van der Waals surface area (Å²) in [6, 6.07) is 6.25. The smallest absolute Gasteiger partial charge is 0.344 e. The molecule has 0 aliphatic carbocycles. The lowest BCUT2D eigenvalue weighted by Crippen LogP contribution is -2.22. The van der Waals surface area contributed by atoms with Gasteiger partial charge in [-0.3, -0.25) is 4.79 Å². The Labute approximate surface area is 81.1 Å². The highest BCUT2D eigenvalue weighted by atomic mass is 16.5. The first kappa shape index (κ1) is 10.2. The highest BCUT2D eigenvalue weighted by Gasteiger charge is 2.11. The van der Waals surface area contributed by atoms with Crippen LogP contribution < -0.4 is 4.74 Å². The molecule has 74 valence electrons. The zero-order chi connectivity index (χ0) is 10.6. The number of ether oxygens (including phenoxy) is 1. The summed E-state index contributed by atoms with van der Waals surface area (Å²) in [6.07, 6.45) is -0.179. The molecule has 4 heteroatoms. The van der Waals surface area contributed by atoms with Crippen molar-refractivity contribution in [3.63, 3.8) is 0 Å². The molecule has 0 fully saturated rings. The van der Waals surface area contributed by atoms with Crippen LogP contribution in [0.3, 0.4) is 0 Å². The SMILES string of the molecule is C[C@@H](Oc1ccc(C=O)cc1)C(=O)O. The van der Waals surface area contributed by atoms with Crippen LogP contribution in [0.25, 0.3) is 0 Å². The van der Waals surface area contributed by atoms with E-state index >= 15 is 0 Å². The van der Waals surface area contributed by atoms with Crippen LogP contribution >= 0.6 is 0 Å². The molecule has 0 heterocycles. The van der Waals surface area contributed by atoms with E-state index < -0.39 is 12.1 Å². The van der Waals surface area contributed by atoms with Gasteiger partial charge in [0.2, 0.25) is 0 Å². The van der Waals surface area contributed by atoms with E-state index in [1.54, 1.807) is 24.3 Å². The number of carboxylic acids is 1. The summed E-state index contributed by atoms with van der Waals surface area (Å²) in [5, 5.41) is 8.56. The number of carboxylic acid groups (broad SMARTS) is 1. The molecule has 1 aromatic rings. The fourth-order valence-corrected chi connectivity index (χ4v) is 0.879. The number of carbonyl (C=O) groups excluding carboxylic acids is 1. The van der Waals surface area contributed by atoms with Crippen molar-refractivity contribution in [2.24, 2.45) is 0 Å². The van der Waals surface area contributed by atoms with Gasteiger partial charge in [-0.2, -0.15) is 0 Å². The number of hydrogen-bond donors (Lipinski definition) is 1. The molecule has 4 nitrogen and oxygen atoms in total. The molecule has 1 atom stereocenters. The Balaban J connectivity index is 2.68. The Morgan fingerprint density at radius 1 is 1.43 bits per heavy atom. The maximum atomic E-state index is 10.4. The van der Waals surface area contributed by atoms with E-state index in [1.165, 1.54) is 6.92 Å². The second-order valence-corrected chi connectivity index (χ2v) is 2.79. The number of hydrogen-bond acceptors (Lipinski definition) is 3. The van der Waals surface area contributed by atoms with Crippen molar-refractivity contribution in [1.29, 1.82) is 0 Å². The van der Waals surface area contributed by atoms with Gasteiger partial charge >= 0.3 is 5.97 Å². The van der Waals surface area contributed by atoms with Gasteiger partial charge in [-0.25, -0.2) is 4.79 Å². The number of aldehydes is 1. The minimum absolute atomic E-state index is 0.436. The molecule has 0 aliphatic heterocycles. The Hall–Kier alpha value is -1.84. The van der Waals surface area contributed by atoms with Gasteiger partial charge in [-0.15, -0.1) is 0 Å². The zero-order valence-electron chi connectivity index (χ0n) is 7.64. The van der Waals surface area contributed by atoms with Crippen LogP contribution in [0, 0.1) is 0 Å². The van der Waals surface area contributed by atoms with E-state index in [0.717, 1.165) is 0 Å². The maximum absolute atomic E-state index is 10.4. The first-order valence-corrected chi connectivity index (χ1v) is 4.08. The number of rotatable bonds is 4. The molecule has 14 heavy (non-hydrogen) atoms. The van der Waals surface area contributed by atoms with Gasteiger partial charge in [-0.1, -0.05) is 0 Å². The van der Waals surface area contributed by atoms with Gasteiger partial charge in [0.15, 0.2) is 6.10 Å². The molecular weight excluding hydrogens is 184 g/mol. The van der Waals surface area contributed by atoms with Crippen LogP contribution in [0.4, 0.5) is 0 Å². The maximum Gasteiger partial charge on any atom is 0.344 e. The van der Waals surface area contributed by atoms with Gasteiger partial charge < -0.3 is 9.84 Å². The molecule has 0 aromatic heterocycles. The molecule has 0 bridgehead atoms. The summed E-state index contributed by atoms with van der Waals surface area (Å²) in [5.74, 6) is -0.588. The predicted molar refractivity (Wildman–Crippen MR) is 49.6 cm³/mol. The van der Waals surface area contributed by atoms with Crippen LogP contribution in [-0.4, -0.2) is 23.5 Å². The quantitative estimate of drug-likeness (QED) is 0.735. The van der Waals surface area contributed by atoms with E-state index in [-0.39, 0.29) is 0 Å². The molecule has 0 aliphatic rings. The fraction of sp³-hybridized carbons (Fsp3) is 0.200. The van der Waals surface area contributed by atoms with Crippen LogP contribution in [0.15, 0.2) is 24.3 Å². The second kappa shape index (κ2) is 4.41. The zero-order valence-corrected chi connectivity index (χ0v) is 7.64. The summed E-state index contributed by atoms with van der Waals surface area (Å²) in [7, 11) is 0. The molecule has 0 saturated heterocycles. The Morgan fingerprint density at radius 3 is 2.43 bits per heavy atom. The van der Waals surface area contributed by atoms with Crippen LogP contribution in [-0.2, 0) is 4.79 Å². The molecule has 1 rings (SSSR count). The number of benzene rings is 1. The van der Waals surface area contributed by atoms with Gasteiger partial charge in [0.05, 0.1) is 0 Å². The largest absolute Gasteiger partial charge is 0.479 e. The Kier molecular flexibility index (Phi) is 3.23. The predicted octanol–water partition coefficient (Wildman–Crippen LogP) is 1.35. The lowest BCUT2D eigenvalue weighted by Gasteiger charge is -2.09. The topological polar surface area (TPSA) is 63.6 Å². The van der Waals surface area contributed by atoms with Crippen molar-refractivity contribution in [1.82, 2.24) is 0 Å². The van der Waals surface area contributed by atoms with Crippen LogP contribution in [0.5, 0.6) is 5.75 Å². The first-order valence-electron chi connectivity index (χ1n) is 4.08. The molecule has 0 saturated carbocycles. The summed E-state index contributed by atoms with van der Waals surface area (Å²) in [6.45, 7) is 1.44. The fourth-order valence-electron chi connectivity index (χ4n) is 0.879. The van der Waals surface area contributed by atoms with Crippen LogP contribution in [0.1, 0.15) is 17.3 Å². The highest BCUT2D eigenvalue weighted by Crippen LogP contribution is 2.12. The molecule has 0 amide bonds. The number of aliphatic carboxylic acids is 1. The third kappa shape index (κ3) is 2.58. The van der Waals surface area contributed by atoms with Crippen molar-refractivity contribution in [2.45, 2.75) is 13.0 Å². The molecule has 0 spiro atoms.